The lowest BCUT2D eigenvalue weighted by molar-refractivity contribution is 0.466. The molecule has 1 atom stereocenters. The molecular weight excluding hydrogens is 234 g/mol. The Morgan fingerprint density at radius 1 is 1.32 bits per heavy atom. The van der Waals surface area contributed by atoms with Crippen LogP contribution >= 0.6 is 0 Å². The fourth-order valence-corrected chi connectivity index (χ4v) is 3.08. The number of nitrogens with zero attached hydrogens (tertiary/aromatic N) is 2. The van der Waals surface area contributed by atoms with Gasteiger partial charge in [0.1, 0.15) is 0 Å². The molecule has 0 aliphatic heterocycles. The van der Waals surface area contributed by atoms with Gasteiger partial charge in [-0.05, 0) is 38.4 Å². The van der Waals surface area contributed by atoms with Gasteiger partial charge in [0.05, 0.1) is 5.69 Å². The molecule has 1 aromatic heterocycles. The Hall–Kier alpha value is -1.61. The highest BCUT2D eigenvalue weighted by Gasteiger charge is 2.26. The Labute approximate surface area is 114 Å². The largest absolute Gasteiger partial charge is 0.316 e. The van der Waals surface area contributed by atoms with Gasteiger partial charge < -0.3 is 5.32 Å². The van der Waals surface area contributed by atoms with Crippen LogP contribution in [0.4, 0.5) is 0 Å². The van der Waals surface area contributed by atoms with Crippen molar-refractivity contribution in [3.05, 3.63) is 52.3 Å². The van der Waals surface area contributed by atoms with Gasteiger partial charge in [0.2, 0.25) is 0 Å². The van der Waals surface area contributed by atoms with Gasteiger partial charge in [-0.15, -0.1) is 0 Å². The van der Waals surface area contributed by atoms with Gasteiger partial charge in [-0.3, -0.25) is 4.68 Å². The summed E-state index contributed by atoms with van der Waals surface area (Å²) >= 11 is 0. The Bertz CT molecular complexity index is 598. The Kier molecular flexibility index (Phi) is 3.15. The Morgan fingerprint density at radius 3 is 2.84 bits per heavy atom. The SMILES string of the molecule is CNCc1c(C)nn(CC2Cc3ccccc32)c1C. The molecule has 2 aromatic rings. The minimum Gasteiger partial charge on any atom is -0.316 e. The molecule has 0 bridgehead atoms. The van der Waals surface area contributed by atoms with Gasteiger partial charge in [-0.2, -0.15) is 5.10 Å². The van der Waals surface area contributed by atoms with Gasteiger partial charge in [0.25, 0.3) is 0 Å². The number of nitrogens with one attached hydrogen (secondary N) is 1. The first-order chi connectivity index (χ1) is 9.20. The molecule has 100 valence electrons. The first-order valence-electron chi connectivity index (χ1n) is 6.96. The number of benzene rings is 1. The lowest BCUT2D eigenvalue weighted by atomic mass is 9.77. The second kappa shape index (κ2) is 4.82. The predicted molar refractivity (Wildman–Crippen MR) is 77.4 cm³/mol. The third-order valence-electron chi connectivity index (χ3n) is 4.24. The van der Waals surface area contributed by atoms with E-state index in [4.69, 9.17) is 5.10 Å². The summed E-state index contributed by atoms with van der Waals surface area (Å²) in [5.41, 5.74) is 6.81. The third kappa shape index (κ3) is 2.08. The van der Waals surface area contributed by atoms with Gasteiger partial charge in [0, 0.05) is 30.3 Å². The van der Waals surface area contributed by atoms with Crippen molar-refractivity contribution in [3.63, 3.8) is 0 Å². The van der Waals surface area contributed by atoms with E-state index in [0.29, 0.717) is 5.92 Å². The van der Waals surface area contributed by atoms with Crippen LogP contribution in [0.25, 0.3) is 0 Å². The van der Waals surface area contributed by atoms with Crippen molar-refractivity contribution in [1.29, 1.82) is 0 Å². The summed E-state index contributed by atoms with van der Waals surface area (Å²) < 4.78 is 2.18. The zero-order valence-corrected chi connectivity index (χ0v) is 11.9. The van der Waals surface area contributed by atoms with Crippen molar-refractivity contribution in [2.75, 3.05) is 7.05 Å². The van der Waals surface area contributed by atoms with Crippen molar-refractivity contribution in [2.45, 2.75) is 39.3 Å². The van der Waals surface area contributed by atoms with Crippen molar-refractivity contribution < 1.29 is 0 Å². The lowest BCUT2D eigenvalue weighted by Crippen LogP contribution is -2.23. The van der Waals surface area contributed by atoms with Crippen LogP contribution in [0.3, 0.4) is 0 Å². The van der Waals surface area contributed by atoms with Crippen LogP contribution in [0, 0.1) is 13.8 Å². The molecule has 3 rings (SSSR count). The molecule has 0 saturated heterocycles. The van der Waals surface area contributed by atoms with Crippen molar-refractivity contribution in [2.24, 2.45) is 0 Å². The second-order valence-corrected chi connectivity index (χ2v) is 5.46. The Morgan fingerprint density at radius 2 is 2.11 bits per heavy atom. The average molecular weight is 255 g/mol. The normalized spacial score (nSPS) is 17.1. The molecule has 1 heterocycles. The van der Waals surface area contributed by atoms with Gasteiger partial charge in [-0.25, -0.2) is 0 Å². The molecule has 1 N–H and O–H groups in total. The molecule has 0 radical (unpaired) electrons. The van der Waals surface area contributed by atoms with Crippen LogP contribution in [0.1, 0.15) is 34.0 Å². The topological polar surface area (TPSA) is 29.9 Å². The van der Waals surface area contributed by atoms with Crippen molar-refractivity contribution in [3.8, 4) is 0 Å². The molecular formula is C16H21N3. The first-order valence-corrected chi connectivity index (χ1v) is 6.96. The van der Waals surface area contributed by atoms with E-state index in [9.17, 15) is 0 Å². The molecule has 3 heteroatoms. The minimum atomic E-state index is 0.636. The van der Waals surface area contributed by atoms with Crippen LogP contribution in [-0.4, -0.2) is 16.8 Å². The molecule has 1 aromatic carbocycles. The van der Waals surface area contributed by atoms with Crippen LogP contribution in [-0.2, 0) is 19.5 Å². The number of hydrogen-bond donors (Lipinski definition) is 1. The summed E-state index contributed by atoms with van der Waals surface area (Å²) in [5, 5.41) is 7.92. The van der Waals surface area contributed by atoms with Crippen LogP contribution < -0.4 is 5.32 Å². The summed E-state index contributed by atoms with van der Waals surface area (Å²) in [6, 6.07) is 8.76. The predicted octanol–water partition coefficient (Wildman–Crippen LogP) is 2.56. The number of aromatic nitrogens is 2. The van der Waals surface area contributed by atoms with Crippen molar-refractivity contribution >= 4 is 0 Å². The van der Waals surface area contributed by atoms with E-state index in [1.165, 1.54) is 28.8 Å². The highest BCUT2D eigenvalue weighted by atomic mass is 15.3. The highest BCUT2D eigenvalue weighted by molar-refractivity contribution is 5.40. The van der Waals surface area contributed by atoms with Crippen LogP contribution in [0.2, 0.25) is 0 Å². The fraction of sp³-hybridized carbons (Fsp3) is 0.438. The average Bonchev–Trinajstić information content (AvgIpc) is 2.64. The maximum absolute atomic E-state index is 4.70. The zero-order chi connectivity index (χ0) is 13.4. The number of rotatable bonds is 4. The van der Waals surface area contributed by atoms with E-state index in [1.54, 1.807) is 0 Å². The van der Waals surface area contributed by atoms with Crippen LogP contribution in [0.15, 0.2) is 24.3 Å². The van der Waals surface area contributed by atoms with E-state index in [0.717, 1.165) is 18.8 Å². The second-order valence-electron chi connectivity index (χ2n) is 5.46. The number of fused-ring (bicyclic) bond motifs is 1. The van der Waals surface area contributed by atoms with Crippen molar-refractivity contribution in [1.82, 2.24) is 15.1 Å². The maximum Gasteiger partial charge on any atom is 0.0641 e. The maximum atomic E-state index is 4.70. The fourth-order valence-electron chi connectivity index (χ4n) is 3.08. The van der Waals surface area contributed by atoms with E-state index in [1.807, 2.05) is 7.05 Å². The lowest BCUT2D eigenvalue weighted by Gasteiger charge is -2.30. The third-order valence-corrected chi connectivity index (χ3v) is 4.24. The number of hydrogen-bond acceptors (Lipinski definition) is 2. The molecule has 3 nitrogen and oxygen atoms in total. The summed E-state index contributed by atoms with van der Waals surface area (Å²) in [6.07, 6.45) is 1.19. The molecule has 1 aliphatic rings. The van der Waals surface area contributed by atoms with Gasteiger partial charge in [0.15, 0.2) is 0 Å². The summed E-state index contributed by atoms with van der Waals surface area (Å²) in [6.45, 7) is 6.19. The molecule has 0 fully saturated rings. The minimum absolute atomic E-state index is 0.636. The number of aryl methyl sites for hydroxylation is 1. The Balaban J connectivity index is 1.81. The smallest absolute Gasteiger partial charge is 0.0641 e. The quantitative estimate of drug-likeness (QED) is 0.910. The van der Waals surface area contributed by atoms with Gasteiger partial charge in [-0.1, -0.05) is 24.3 Å². The molecule has 0 spiro atoms. The standard InChI is InChI=1S/C16H21N3/c1-11-16(9-17-3)12(2)19(18-11)10-14-8-13-6-4-5-7-15(13)14/h4-7,14,17H,8-10H2,1-3H3. The van der Waals surface area contributed by atoms with E-state index in [-0.39, 0.29) is 0 Å². The molecule has 0 amide bonds. The molecule has 19 heavy (non-hydrogen) atoms. The monoisotopic (exact) mass is 255 g/mol. The molecule has 1 unspecified atom stereocenters. The van der Waals surface area contributed by atoms with E-state index < -0.39 is 0 Å². The molecule has 0 saturated carbocycles. The van der Waals surface area contributed by atoms with E-state index in [2.05, 4.69) is 48.1 Å². The summed E-state index contributed by atoms with van der Waals surface area (Å²) in [7, 11) is 1.98. The summed E-state index contributed by atoms with van der Waals surface area (Å²) in [5.74, 6) is 0.636. The zero-order valence-electron chi connectivity index (χ0n) is 11.9. The van der Waals surface area contributed by atoms with Gasteiger partial charge >= 0.3 is 0 Å². The first kappa shape index (κ1) is 12.4. The molecule has 1 aliphatic carbocycles. The summed E-state index contributed by atoms with van der Waals surface area (Å²) in [4.78, 5) is 0. The highest BCUT2D eigenvalue weighted by Crippen LogP contribution is 2.36. The van der Waals surface area contributed by atoms with Crippen LogP contribution in [0.5, 0.6) is 0 Å². The van der Waals surface area contributed by atoms with E-state index >= 15 is 0 Å².